The molecule has 0 aliphatic carbocycles. The Kier molecular flexibility index (Phi) is 3.82. The zero-order valence-corrected chi connectivity index (χ0v) is 11.3. The van der Waals surface area contributed by atoms with E-state index in [-0.39, 0.29) is 0 Å². The molecule has 1 atom stereocenters. The molecule has 2 saturated heterocycles. The largest absolute Gasteiger partial charge is 0.348 e. The number of carbonyl (C=O) groups is 1. The molecular weight excluding hydrogens is 240 g/mol. The summed E-state index contributed by atoms with van der Waals surface area (Å²) in [4.78, 5) is 21.8. The molecule has 0 aromatic carbocycles. The van der Waals surface area contributed by atoms with Crippen LogP contribution in [-0.2, 0) is 4.79 Å². The van der Waals surface area contributed by atoms with Crippen LogP contribution in [0.4, 0.5) is 0 Å². The summed E-state index contributed by atoms with van der Waals surface area (Å²) in [5, 5.41) is 3.32. The van der Waals surface area contributed by atoms with Crippen molar-refractivity contribution in [3.05, 3.63) is 18.2 Å². The molecule has 2 aliphatic rings. The summed E-state index contributed by atoms with van der Waals surface area (Å²) in [6.07, 6.45) is 7.61. The Hall–Kier alpha value is -1.36. The number of rotatable bonds is 3. The third kappa shape index (κ3) is 2.97. The van der Waals surface area contributed by atoms with E-state index in [1.54, 1.807) is 6.20 Å². The number of H-pyrrole nitrogens is 1. The van der Waals surface area contributed by atoms with Gasteiger partial charge in [-0.15, -0.1) is 0 Å². The number of piperidine rings is 1. The first-order valence-electron chi connectivity index (χ1n) is 7.30. The number of likely N-dealkylation sites (tertiary alicyclic amines) is 1. The fourth-order valence-corrected chi connectivity index (χ4v) is 3.17. The Labute approximate surface area is 113 Å². The number of amides is 1. The van der Waals surface area contributed by atoms with Gasteiger partial charge in [0.05, 0.1) is 0 Å². The third-order valence-corrected chi connectivity index (χ3v) is 4.38. The predicted molar refractivity (Wildman–Crippen MR) is 72.7 cm³/mol. The van der Waals surface area contributed by atoms with E-state index in [4.69, 9.17) is 0 Å². The Morgan fingerprint density at radius 1 is 1.37 bits per heavy atom. The molecule has 0 saturated carbocycles. The first kappa shape index (κ1) is 12.7. The second-order valence-corrected chi connectivity index (χ2v) is 5.69. The summed E-state index contributed by atoms with van der Waals surface area (Å²) < 4.78 is 0. The summed E-state index contributed by atoms with van der Waals surface area (Å²) in [6, 6.07) is 0. The molecule has 0 spiro atoms. The lowest BCUT2D eigenvalue weighted by Crippen LogP contribution is -2.39. The van der Waals surface area contributed by atoms with Gasteiger partial charge in [0.15, 0.2) is 0 Å². The van der Waals surface area contributed by atoms with Gasteiger partial charge in [-0.05, 0) is 38.3 Å². The van der Waals surface area contributed by atoms with E-state index in [9.17, 15) is 4.79 Å². The van der Waals surface area contributed by atoms with Crippen LogP contribution >= 0.6 is 0 Å². The van der Waals surface area contributed by atoms with Crippen molar-refractivity contribution in [3.8, 4) is 0 Å². The highest BCUT2D eigenvalue weighted by molar-refractivity contribution is 5.76. The highest BCUT2D eigenvalue weighted by Crippen LogP contribution is 2.26. The minimum Gasteiger partial charge on any atom is -0.348 e. The maximum Gasteiger partial charge on any atom is 0.222 e. The quantitative estimate of drug-likeness (QED) is 0.858. The first-order chi connectivity index (χ1) is 9.33. The van der Waals surface area contributed by atoms with Gasteiger partial charge in [-0.3, -0.25) is 4.79 Å². The molecule has 1 aromatic rings. The molecule has 1 aromatic heterocycles. The van der Waals surface area contributed by atoms with Gasteiger partial charge in [0.1, 0.15) is 5.82 Å². The highest BCUT2D eigenvalue weighted by atomic mass is 16.2. The number of nitrogens with one attached hydrogen (secondary N) is 2. The average Bonchev–Trinajstić information content (AvgIpc) is 3.12. The molecule has 0 radical (unpaired) electrons. The Bertz CT molecular complexity index is 403. The van der Waals surface area contributed by atoms with Gasteiger partial charge in [-0.25, -0.2) is 4.98 Å². The molecule has 19 heavy (non-hydrogen) atoms. The smallest absolute Gasteiger partial charge is 0.222 e. The monoisotopic (exact) mass is 262 g/mol. The lowest BCUT2D eigenvalue weighted by Gasteiger charge is -2.31. The van der Waals surface area contributed by atoms with Gasteiger partial charge in [0.2, 0.25) is 5.91 Å². The number of carbonyl (C=O) groups excluding carboxylic acids is 1. The number of hydrogen-bond acceptors (Lipinski definition) is 3. The topological polar surface area (TPSA) is 61.0 Å². The standard InChI is InChI=1S/C14H22N4O/c19-13(9-11-1-4-15-10-11)18-7-2-12(3-8-18)14-16-5-6-17-14/h5-6,11-12,15H,1-4,7-10H2,(H,16,17)/t11-/m1/s1. The molecule has 1 amide bonds. The van der Waals surface area contributed by atoms with Crippen molar-refractivity contribution in [2.24, 2.45) is 5.92 Å². The second-order valence-electron chi connectivity index (χ2n) is 5.69. The minimum atomic E-state index is 0.339. The maximum atomic E-state index is 12.2. The van der Waals surface area contributed by atoms with Gasteiger partial charge in [-0.2, -0.15) is 0 Å². The van der Waals surface area contributed by atoms with Gasteiger partial charge in [-0.1, -0.05) is 0 Å². The lowest BCUT2D eigenvalue weighted by atomic mass is 9.95. The van der Waals surface area contributed by atoms with Crippen LogP contribution in [0.1, 0.15) is 37.4 Å². The van der Waals surface area contributed by atoms with Crippen LogP contribution in [0.15, 0.2) is 12.4 Å². The number of aromatic nitrogens is 2. The first-order valence-corrected chi connectivity index (χ1v) is 7.30. The van der Waals surface area contributed by atoms with Crippen molar-refractivity contribution >= 4 is 5.91 Å². The van der Waals surface area contributed by atoms with E-state index in [1.807, 2.05) is 11.1 Å². The van der Waals surface area contributed by atoms with Crippen LogP contribution < -0.4 is 5.32 Å². The zero-order valence-electron chi connectivity index (χ0n) is 11.3. The van der Waals surface area contributed by atoms with Crippen LogP contribution in [0.25, 0.3) is 0 Å². The van der Waals surface area contributed by atoms with Crippen molar-refractivity contribution in [2.45, 2.75) is 31.6 Å². The molecule has 3 heterocycles. The van der Waals surface area contributed by atoms with Crippen molar-refractivity contribution < 1.29 is 4.79 Å². The van der Waals surface area contributed by atoms with Crippen LogP contribution in [0.5, 0.6) is 0 Å². The van der Waals surface area contributed by atoms with Gasteiger partial charge < -0.3 is 15.2 Å². The molecule has 5 heteroatoms. The van der Waals surface area contributed by atoms with Gasteiger partial charge >= 0.3 is 0 Å². The molecule has 5 nitrogen and oxygen atoms in total. The highest BCUT2D eigenvalue weighted by Gasteiger charge is 2.27. The molecule has 0 unspecified atom stereocenters. The van der Waals surface area contributed by atoms with Crippen LogP contribution in [0.2, 0.25) is 0 Å². The van der Waals surface area contributed by atoms with Crippen molar-refractivity contribution in [1.29, 1.82) is 0 Å². The van der Waals surface area contributed by atoms with E-state index in [1.165, 1.54) is 0 Å². The summed E-state index contributed by atoms with van der Waals surface area (Å²) in [5.74, 6) is 2.46. The molecule has 2 fully saturated rings. The van der Waals surface area contributed by atoms with Gasteiger partial charge in [0, 0.05) is 37.8 Å². The van der Waals surface area contributed by atoms with E-state index in [2.05, 4.69) is 15.3 Å². The maximum absolute atomic E-state index is 12.2. The predicted octanol–water partition coefficient (Wildman–Crippen LogP) is 1.12. The molecule has 2 aliphatic heterocycles. The normalized spacial score (nSPS) is 24.8. The molecule has 3 rings (SSSR count). The third-order valence-electron chi connectivity index (χ3n) is 4.38. The number of nitrogens with zero attached hydrogens (tertiary/aromatic N) is 2. The Balaban J connectivity index is 1.48. The molecule has 104 valence electrons. The van der Waals surface area contributed by atoms with Crippen molar-refractivity contribution in [1.82, 2.24) is 20.2 Å². The SMILES string of the molecule is O=C(C[C@H]1CCNC1)N1CCC(c2ncc[nH]2)CC1. The summed E-state index contributed by atoms with van der Waals surface area (Å²) in [6.45, 7) is 3.84. The fourth-order valence-electron chi connectivity index (χ4n) is 3.17. The Morgan fingerprint density at radius 3 is 2.84 bits per heavy atom. The van der Waals surface area contributed by atoms with E-state index < -0.39 is 0 Å². The van der Waals surface area contributed by atoms with Crippen LogP contribution in [-0.4, -0.2) is 47.0 Å². The second kappa shape index (κ2) is 5.74. The lowest BCUT2D eigenvalue weighted by molar-refractivity contribution is -0.133. The van der Waals surface area contributed by atoms with Crippen molar-refractivity contribution in [2.75, 3.05) is 26.2 Å². The van der Waals surface area contributed by atoms with Gasteiger partial charge in [0.25, 0.3) is 0 Å². The van der Waals surface area contributed by atoms with Crippen LogP contribution in [0, 0.1) is 5.92 Å². The van der Waals surface area contributed by atoms with E-state index >= 15 is 0 Å². The van der Waals surface area contributed by atoms with E-state index in [0.717, 1.165) is 57.7 Å². The number of imidazole rings is 1. The van der Waals surface area contributed by atoms with Crippen molar-refractivity contribution in [3.63, 3.8) is 0 Å². The Morgan fingerprint density at radius 2 is 2.21 bits per heavy atom. The van der Waals surface area contributed by atoms with E-state index in [0.29, 0.717) is 17.7 Å². The zero-order chi connectivity index (χ0) is 13.1. The summed E-state index contributed by atoms with van der Waals surface area (Å²) in [7, 11) is 0. The average molecular weight is 262 g/mol. The number of hydrogen-bond donors (Lipinski definition) is 2. The summed E-state index contributed by atoms with van der Waals surface area (Å²) in [5.41, 5.74) is 0. The summed E-state index contributed by atoms with van der Waals surface area (Å²) >= 11 is 0. The minimum absolute atomic E-state index is 0.339. The molecule has 0 bridgehead atoms. The van der Waals surface area contributed by atoms with Crippen LogP contribution in [0.3, 0.4) is 0 Å². The molecular formula is C14H22N4O. The number of aromatic amines is 1. The fraction of sp³-hybridized carbons (Fsp3) is 0.714. The molecule has 2 N–H and O–H groups in total.